The van der Waals surface area contributed by atoms with Crippen molar-refractivity contribution in [1.29, 1.82) is 0 Å². The summed E-state index contributed by atoms with van der Waals surface area (Å²) in [6.07, 6.45) is 0.152. The van der Waals surface area contributed by atoms with Gasteiger partial charge in [-0.25, -0.2) is 9.40 Å². The zero-order valence-electron chi connectivity index (χ0n) is 19.2. The number of carbonyl (C=O) groups excluding carboxylic acids is 2. The molecule has 0 bridgehead atoms. The first kappa shape index (κ1) is 23.7. The van der Waals surface area contributed by atoms with Gasteiger partial charge in [0.05, 0.1) is 18.2 Å². The highest BCUT2D eigenvalue weighted by atomic mass is 35.5. The van der Waals surface area contributed by atoms with Crippen molar-refractivity contribution in [3.05, 3.63) is 119 Å². The Bertz CT molecular complexity index is 1450. The van der Waals surface area contributed by atoms with E-state index in [0.29, 0.717) is 6.42 Å². The molecule has 0 N–H and O–H groups in total. The van der Waals surface area contributed by atoms with Crippen LogP contribution in [-0.2, 0) is 20.7 Å². The molecular formula is C29H22ClFN2O3. The third-order valence-corrected chi connectivity index (χ3v) is 6.53. The van der Waals surface area contributed by atoms with Gasteiger partial charge >= 0.3 is 5.97 Å². The lowest BCUT2D eigenvalue weighted by atomic mass is 9.97. The summed E-state index contributed by atoms with van der Waals surface area (Å²) in [5.74, 6) is -1.81. The molecule has 1 heterocycles. The molecule has 1 unspecified atom stereocenters. The van der Waals surface area contributed by atoms with Gasteiger partial charge < -0.3 is 4.74 Å². The molecule has 0 saturated carbocycles. The Labute approximate surface area is 212 Å². The molecule has 180 valence electrons. The SMILES string of the molecule is O=C(Cc1c(F)cccc1Cl)OCC(=O)N1N=C(c2ccc3ccccc3c2)CC1c1ccccc1. The average Bonchev–Trinajstić information content (AvgIpc) is 3.35. The molecule has 1 aliphatic rings. The average molecular weight is 501 g/mol. The quantitative estimate of drug-likeness (QED) is 0.301. The molecule has 4 aromatic rings. The van der Waals surface area contributed by atoms with Crippen LogP contribution < -0.4 is 0 Å². The van der Waals surface area contributed by atoms with Gasteiger partial charge in [-0.2, -0.15) is 5.10 Å². The van der Waals surface area contributed by atoms with E-state index in [-0.39, 0.29) is 23.0 Å². The minimum atomic E-state index is -0.746. The van der Waals surface area contributed by atoms with Crippen LogP contribution in [0.15, 0.2) is 96.1 Å². The minimum absolute atomic E-state index is 0.0385. The second-order valence-corrected chi connectivity index (χ2v) is 8.92. The zero-order valence-corrected chi connectivity index (χ0v) is 20.0. The van der Waals surface area contributed by atoms with Gasteiger partial charge in [0.2, 0.25) is 0 Å². The number of nitrogens with zero attached hydrogens (tertiary/aromatic N) is 2. The number of hydrogen-bond donors (Lipinski definition) is 0. The Balaban J connectivity index is 1.35. The van der Waals surface area contributed by atoms with Crippen molar-refractivity contribution in [1.82, 2.24) is 5.01 Å². The van der Waals surface area contributed by atoms with Crippen LogP contribution in [0.25, 0.3) is 10.8 Å². The predicted octanol–water partition coefficient (Wildman–Crippen LogP) is 6.10. The molecule has 1 amide bonds. The van der Waals surface area contributed by atoms with Gasteiger partial charge in [-0.3, -0.25) is 9.59 Å². The standard InChI is InChI=1S/C29H22ClFN2O3/c30-24-11-6-12-25(31)23(24)16-29(35)36-18-28(34)33-27(20-8-2-1-3-9-20)17-26(32-33)22-14-13-19-7-4-5-10-21(19)15-22/h1-15,27H,16-18H2. The van der Waals surface area contributed by atoms with E-state index in [1.54, 1.807) is 0 Å². The zero-order chi connectivity index (χ0) is 25.1. The number of fused-ring (bicyclic) bond motifs is 1. The van der Waals surface area contributed by atoms with Crippen LogP contribution in [0.4, 0.5) is 4.39 Å². The second-order valence-electron chi connectivity index (χ2n) is 8.52. The third-order valence-electron chi connectivity index (χ3n) is 6.17. The Morgan fingerprint density at radius 2 is 1.69 bits per heavy atom. The summed E-state index contributed by atoms with van der Waals surface area (Å²) < 4.78 is 19.2. The second kappa shape index (κ2) is 10.3. The Morgan fingerprint density at radius 1 is 0.944 bits per heavy atom. The monoisotopic (exact) mass is 500 g/mol. The number of benzene rings is 4. The number of hydrazone groups is 1. The molecule has 0 fully saturated rings. The maximum absolute atomic E-state index is 14.0. The van der Waals surface area contributed by atoms with Crippen LogP contribution >= 0.6 is 11.6 Å². The van der Waals surface area contributed by atoms with Gasteiger partial charge in [0.1, 0.15) is 5.82 Å². The van der Waals surface area contributed by atoms with E-state index < -0.39 is 24.3 Å². The van der Waals surface area contributed by atoms with Crippen molar-refractivity contribution < 1.29 is 18.7 Å². The molecule has 0 radical (unpaired) electrons. The summed E-state index contributed by atoms with van der Waals surface area (Å²) in [4.78, 5) is 25.5. The molecule has 0 aromatic heterocycles. The Kier molecular flexibility index (Phi) is 6.78. The fourth-order valence-electron chi connectivity index (χ4n) is 4.32. The van der Waals surface area contributed by atoms with Gasteiger partial charge in [0.15, 0.2) is 6.61 Å². The largest absolute Gasteiger partial charge is 0.455 e. The van der Waals surface area contributed by atoms with E-state index in [1.807, 2.05) is 66.7 Å². The Morgan fingerprint density at radius 3 is 2.47 bits per heavy atom. The Hall–Kier alpha value is -4.03. The number of halogens is 2. The lowest BCUT2D eigenvalue weighted by Crippen LogP contribution is -2.31. The lowest BCUT2D eigenvalue weighted by molar-refractivity contribution is -0.152. The number of ether oxygens (including phenoxy) is 1. The van der Waals surface area contributed by atoms with Crippen molar-refractivity contribution in [3.63, 3.8) is 0 Å². The van der Waals surface area contributed by atoms with Crippen LogP contribution in [0.5, 0.6) is 0 Å². The van der Waals surface area contributed by atoms with Crippen molar-refractivity contribution in [2.45, 2.75) is 18.9 Å². The first-order valence-corrected chi connectivity index (χ1v) is 11.9. The van der Waals surface area contributed by atoms with Crippen molar-refractivity contribution in [2.75, 3.05) is 6.61 Å². The third kappa shape index (κ3) is 4.99. The summed E-state index contributed by atoms with van der Waals surface area (Å²) in [5.41, 5.74) is 2.66. The molecule has 0 saturated heterocycles. The highest BCUT2D eigenvalue weighted by Gasteiger charge is 2.33. The first-order chi connectivity index (χ1) is 17.5. The molecule has 1 aliphatic heterocycles. The predicted molar refractivity (Wildman–Crippen MR) is 137 cm³/mol. The fourth-order valence-corrected chi connectivity index (χ4v) is 4.55. The van der Waals surface area contributed by atoms with Crippen LogP contribution in [0.1, 0.15) is 29.2 Å². The van der Waals surface area contributed by atoms with Crippen LogP contribution in [0.3, 0.4) is 0 Å². The van der Waals surface area contributed by atoms with Gasteiger partial charge in [0.25, 0.3) is 5.91 Å². The molecule has 4 aromatic carbocycles. The van der Waals surface area contributed by atoms with Gasteiger partial charge in [0, 0.05) is 17.0 Å². The molecule has 36 heavy (non-hydrogen) atoms. The van der Waals surface area contributed by atoms with Crippen molar-refractivity contribution >= 4 is 40.0 Å². The van der Waals surface area contributed by atoms with Gasteiger partial charge in [-0.1, -0.05) is 84.4 Å². The topological polar surface area (TPSA) is 59.0 Å². The maximum atomic E-state index is 14.0. The summed E-state index contributed by atoms with van der Waals surface area (Å²) in [6, 6.07) is 27.6. The summed E-state index contributed by atoms with van der Waals surface area (Å²) in [5, 5.41) is 8.35. The molecule has 0 spiro atoms. The van der Waals surface area contributed by atoms with Crippen LogP contribution in [0.2, 0.25) is 5.02 Å². The lowest BCUT2D eigenvalue weighted by Gasteiger charge is -2.22. The molecule has 0 aliphatic carbocycles. The fraction of sp³-hybridized carbons (Fsp3) is 0.138. The minimum Gasteiger partial charge on any atom is -0.455 e. The van der Waals surface area contributed by atoms with E-state index in [9.17, 15) is 14.0 Å². The van der Waals surface area contributed by atoms with Crippen LogP contribution in [-0.4, -0.2) is 29.2 Å². The van der Waals surface area contributed by atoms with E-state index >= 15 is 0 Å². The number of amides is 1. The van der Waals surface area contributed by atoms with E-state index in [1.165, 1.54) is 23.2 Å². The molecule has 1 atom stereocenters. The summed E-state index contributed by atoms with van der Waals surface area (Å²) in [6.45, 7) is -0.511. The number of esters is 1. The van der Waals surface area contributed by atoms with Crippen molar-refractivity contribution in [3.8, 4) is 0 Å². The van der Waals surface area contributed by atoms with E-state index in [0.717, 1.165) is 27.6 Å². The summed E-state index contributed by atoms with van der Waals surface area (Å²) in [7, 11) is 0. The molecule has 5 nitrogen and oxygen atoms in total. The van der Waals surface area contributed by atoms with Crippen molar-refractivity contribution in [2.24, 2.45) is 5.10 Å². The highest BCUT2D eigenvalue weighted by molar-refractivity contribution is 6.31. The number of rotatable bonds is 6. The highest BCUT2D eigenvalue weighted by Crippen LogP contribution is 2.33. The molecule has 5 rings (SSSR count). The van der Waals surface area contributed by atoms with Gasteiger partial charge in [-0.05, 0) is 40.1 Å². The number of carbonyl (C=O) groups is 2. The molecule has 7 heteroatoms. The van der Waals surface area contributed by atoms with E-state index in [4.69, 9.17) is 16.3 Å². The smallest absolute Gasteiger partial charge is 0.310 e. The van der Waals surface area contributed by atoms with Crippen LogP contribution in [0, 0.1) is 5.82 Å². The summed E-state index contributed by atoms with van der Waals surface area (Å²) >= 11 is 6.00. The molecular weight excluding hydrogens is 479 g/mol. The number of hydrogen-bond acceptors (Lipinski definition) is 4. The normalized spacial score (nSPS) is 15.1. The van der Waals surface area contributed by atoms with Gasteiger partial charge in [-0.15, -0.1) is 0 Å². The first-order valence-electron chi connectivity index (χ1n) is 11.5. The van der Waals surface area contributed by atoms with E-state index in [2.05, 4.69) is 11.2 Å². The maximum Gasteiger partial charge on any atom is 0.310 e.